The standard InChI is InChI=1S/C17H17N5O3/c1-12-18-7-8-22(12)16-9-15(19-11-20-16)21-17(23)10-25-14-6-4-3-5-13(14)24-2/h3-9,11H,10H2,1-2H3,(H,19,20,21,23). The van der Waals surface area contributed by atoms with Gasteiger partial charge in [-0.05, 0) is 19.1 Å². The highest BCUT2D eigenvalue weighted by atomic mass is 16.5. The fraction of sp³-hybridized carbons (Fsp3) is 0.176. The van der Waals surface area contributed by atoms with Crippen molar-refractivity contribution in [1.29, 1.82) is 0 Å². The van der Waals surface area contributed by atoms with Crippen LogP contribution < -0.4 is 14.8 Å². The van der Waals surface area contributed by atoms with Crippen molar-refractivity contribution in [1.82, 2.24) is 19.5 Å². The van der Waals surface area contributed by atoms with Crippen LogP contribution in [-0.2, 0) is 4.79 Å². The first-order valence-electron chi connectivity index (χ1n) is 7.55. The van der Waals surface area contributed by atoms with E-state index in [1.54, 1.807) is 48.3 Å². The SMILES string of the molecule is COc1ccccc1OCC(=O)Nc1cc(-n2ccnc2C)ncn1. The highest BCUT2D eigenvalue weighted by molar-refractivity contribution is 5.91. The molecule has 3 aromatic rings. The van der Waals surface area contributed by atoms with Gasteiger partial charge >= 0.3 is 0 Å². The molecule has 8 nitrogen and oxygen atoms in total. The molecule has 0 aliphatic rings. The summed E-state index contributed by atoms with van der Waals surface area (Å²) in [5, 5.41) is 2.68. The molecule has 0 saturated carbocycles. The molecule has 0 spiro atoms. The van der Waals surface area contributed by atoms with Crippen LogP contribution in [0, 0.1) is 6.92 Å². The molecular weight excluding hydrogens is 322 g/mol. The van der Waals surface area contributed by atoms with E-state index in [2.05, 4.69) is 20.3 Å². The monoisotopic (exact) mass is 339 g/mol. The van der Waals surface area contributed by atoms with E-state index in [1.807, 2.05) is 13.0 Å². The lowest BCUT2D eigenvalue weighted by Gasteiger charge is -2.10. The molecule has 2 aromatic heterocycles. The zero-order valence-corrected chi connectivity index (χ0v) is 13.8. The summed E-state index contributed by atoms with van der Waals surface area (Å²) >= 11 is 0. The van der Waals surface area contributed by atoms with E-state index in [0.29, 0.717) is 23.1 Å². The Morgan fingerprint density at radius 1 is 1.20 bits per heavy atom. The van der Waals surface area contributed by atoms with Crippen LogP contribution in [0.3, 0.4) is 0 Å². The maximum Gasteiger partial charge on any atom is 0.263 e. The van der Waals surface area contributed by atoms with Crippen LogP contribution in [-0.4, -0.2) is 39.1 Å². The summed E-state index contributed by atoms with van der Waals surface area (Å²) in [7, 11) is 1.54. The zero-order valence-electron chi connectivity index (χ0n) is 13.8. The Morgan fingerprint density at radius 2 is 2.00 bits per heavy atom. The first kappa shape index (κ1) is 16.4. The van der Waals surface area contributed by atoms with E-state index in [-0.39, 0.29) is 12.5 Å². The highest BCUT2D eigenvalue weighted by Crippen LogP contribution is 2.25. The smallest absolute Gasteiger partial charge is 0.263 e. The molecule has 128 valence electrons. The average molecular weight is 339 g/mol. The van der Waals surface area contributed by atoms with E-state index < -0.39 is 0 Å². The van der Waals surface area contributed by atoms with Gasteiger partial charge in [0.05, 0.1) is 7.11 Å². The molecule has 0 atom stereocenters. The van der Waals surface area contributed by atoms with Gasteiger partial charge in [0, 0.05) is 18.5 Å². The Hall–Kier alpha value is -3.42. The lowest BCUT2D eigenvalue weighted by molar-refractivity contribution is -0.118. The number of para-hydroxylation sites is 2. The third-order valence-corrected chi connectivity index (χ3v) is 3.42. The summed E-state index contributed by atoms with van der Waals surface area (Å²) in [5.41, 5.74) is 0. The summed E-state index contributed by atoms with van der Waals surface area (Å²) < 4.78 is 12.5. The molecule has 0 aliphatic carbocycles. The number of hydrogen-bond acceptors (Lipinski definition) is 6. The first-order valence-corrected chi connectivity index (χ1v) is 7.55. The number of anilines is 1. The molecule has 0 radical (unpaired) electrons. The van der Waals surface area contributed by atoms with Crippen LogP contribution in [0.5, 0.6) is 11.5 Å². The molecule has 3 rings (SSSR count). The molecule has 8 heteroatoms. The van der Waals surface area contributed by atoms with Gasteiger partial charge in [-0.1, -0.05) is 12.1 Å². The number of carbonyl (C=O) groups is 1. The lowest BCUT2D eigenvalue weighted by Crippen LogP contribution is -2.21. The number of amides is 1. The Kier molecular flexibility index (Phi) is 4.89. The van der Waals surface area contributed by atoms with Crippen LogP contribution >= 0.6 is 0 Å². The number of benzene rings is 1. The molecule has 0 fully saturated rings. The molecule has 25 heavy (non-hydrogen) atoms. The maximum atomic E-state index is 12.1. The van der Waals surface area contributed by atoms with Crippen molar-refractivity contribution in [3.63, 3.8) is 0 Å². The predicted octanol–water partition coefficient (Wildman–Crippen LogP) is 2.00. The largest absolute Gasteiger partial charge is 0.493 e. The highest BCUT2D eigenvalue weighted by Gasteiger charge is 2.09. The molecule has 1 aromatic carbocycles. The number of methoxy groups -OCH3 is 1. The van der Waals surface area contributed by atoms with E-state index in [4.69, 9.17) is 9.47 Å². The number of imidazole rings is 1. The van der Waals surface area contributed by atoms with Crippen LogP contribution in [0.25, 0.3) is 5.82 Å². The van der Waals surface area contributed by atoms with E-state index in [0.717, 1.165) is 5.82 Å². The number of ether oxygens (including phenoxy) is 2. The van der Waals surface area contributed by atoms with Crippen LogP contribution in [0.1, 0.15) is 5.82 Å². The van der Waals surface area contributed by atoms with Crippen molar-refractivity contribution in [3.05, 3.63) is 54.9 Å². The predicted molar refractivity (Wildman–Crippen MR) is 91.0 cm³/mol. The summed E-state index contributed by atoms with van der Waals surface area (Å²) in [6, 6.07) is 8.79. The van der Waals surface area contributed by atoms with Gasteiger partial charge in [-0.3, -0.25) is 9.36 Å². The molecule has 0 saturated heterocycles. The van der Waals surface area contributed by atoms with Gasteiger partial charge in [0.15, 0.2) is 18.1 Å². The van der Waals surface area contributed by atoms with Crippen molar-refractivity contribution in [3.8, 4) is 17.3 Å². The number of aromatic nitrogens is 4. The van der Waals surface area contributed by atoms with E-state index in [1.165, 1.54) is 6.33 Å². The minimum Gasteiger partial charge on any atom is -0.493 e. The van der Waals surface area contributed by atoms with Crippen molar-refractivity contribution >= 4 is 11.7 Å². The first-order chi connectivity index (χ1) is 12.2. The second kappa shape index (κ2) is 7.43. The van der Waals surface area contributed by atoms with Gasteiger partial charge in [-0.2, -0.15) is 0 Å². The van der Waals surface area contributed by atoms with Gasteiger partial charge in [0.2, 0.25) is 0 Å². The number of carbonyl (C=O) groups excluding carboxylic acids is 1. The van der Waals surface area contributed by atoms with E-state index in [9.17, 15) is 4.79 Å². The van der Waals surface area contributed by atoms with E-state index >= 15 is 0 Å². The third-order valence-electron chi connectivity index (χ3n) is 3.42. The molecule has 0 bridgehead atoms. The van der Waals surface area contributed by atoms with Crippen LogP contribution in [0.4, 0.5) is 5.82 Å². The number of nitrogens with one attached hydrogen (secondary N) is 1. The quantitative estimate of drug-likeness (QED) is 0.738. The molecule has 0 unspecified atom stereocenters. The Balaban J connectivity index is 1.64. The molecule has 2 heterocycles. The Labute approximate surface area is 144 Å². The number of hydrogen-bond donors (Lipinski definition) is 1. The minimum absolute atomic E-state index is 0.163. The summed E-state index contributed by atoms with van der Waals surface area (Å²) in [4.78, 5) is 24.5. The second-order valence-electron chi connectivity index (χ2n) is 5.09. The van der Waals surface area contributed by atoms with Gasteiger partial charge in [0.25, 0.3) is 5.91 Å². The lowest BCUT2D eigenvalue weighted by atomic mass is 10.3. The maximum absolute atomic E-state index is 12.1. The molecular formula is C17H17N5O3. The third kappa shape index (κ3) is 3.92. The normalized spacial score (nSPS) is 10.3. The molecule has 1 amide bonds. The van der Waals surface area contributed by atoms with Crippen molar-refractivity contribution < 1.29 is 14.3 Å². The molecule has 0 aliphatic heterocycles. The number of nitrogens with zero attached hydrogens (tertiary/aromatic N) is 4. The van der Waals surface area contributed by atoms with Gasteiger partial charge in [0.1, 0.15) is 23.8 Å². The fourth-order valence-electron chi connectivity index (χ4n) is 2.23. The molecule has 1 N–H and O–H groups in total. The summed E-state index contributed by atoms with van der Waals surface area (Å²) in [6.07, 6.45) is 4.84. The number of aryl methyl sites for hydroxylation is 1. The minimum atomic E-state index is -0.335. The Bertz CT molecular complexity index is 878. The zero-order chi connectivity index (χ0) is 17.6. The van der Waals surface area contributed by atoms with Crippen molar-refractivity contribution in [2.75, 3.05) is 19.0 Å². The van der Waals surface area contributed by atoms with Gasteiger partial charge in [-0.25, -0.2) is 15.0 Å². The number of rotatable bonds is 6. The van der Waals surface area contributed by atoms with Crippen molar-refractivity contribution in [2.45, 2.75) is 6.92 Å². The second-order valence-corrected chi connectivity index (χ2v) is 5.09. The topological polar surface area (TPSA) is 91.2 Å². The van der Waals surface area contributed by atoms with Crippen LogP contribution in [0.2, 0.25) is 0 Å². The summed E-state index contributed by atoms with van der Waals surface area (Å²) in [5.74, 6) is 2.51. The van der Waals surface area contributed by atoms with Gasteiger partial charge < -0.3 is 14.8 Å². The van der Waals surface area contributed by atoms with Crippen molar-refractivity contribution in [2.24, 2.45) is 0 Å². The Morgan fingerprint density at radius 3 is 2.72 bits per heavy atom. The summed E-state index contributed by atoms with van der Waals surface area (Å²) in [6.45, 7) is 1.70. The van der Waals surface area contributed by atoms with Crippen LogP contribution in [0.15, 0.2) is 49.1 Å². The van der Waals surface area contributed by atoms with Gasteiger partial charge in [-0.15, -0.1) is 0 Å². The average Bonchev–Trinajstić information content (AvgIpc) is 3.06. The fourth-order valence-corrected chi connectivity index (χ4v) is 2.23.